The van der Waals surface area contributed by atoms with Gasteiger partial charge in [-0.2, -0.15) is 0 Å². The van der Waals surface area contributed by atoms with Crippen LogP contribution in [0.3, 0.4) is 0 Å². The second-order valence-electron chi connectivity index (χ2n) is 10.1. The molecule has 0 spiro atoms. The van der Waals surface area contributed by atoms with Crippen molar-refractivity contribution in [3.8, 4) is 22.3 Å². The number of para-hydroxylation sites is 1. The van der Waals surface area contributed by atoms with E-state index in [1.165, 1.54) is 33.4 Å². The van der Waals surface area contributed by atoms with E-state index in [4.69, 9.17) is 0 Å². The van der Waals surface area contributed by atoms with Gasteiger partial charge in [-0.05, 0) is 90.2 Å². The van der Waals surface area contributed by atoms with E-state index in [1.807, 2.05) is 6.07 Å². The summed E-state index contributed by atoms with van der Waals surface area (Å²) in [5, 5.41) is 3.65. The van der Waals surface area contributed by atoms with Crippen molar-refractivity contribution in [3.63, 3.8) is 0 Å². The van der Waals surface area contributed by atoms with Crippen LogP contribution in [-0.2, 0) is 0 Å². The Hall–Kier alpha value is -5.08. The van der Waals surface area contributed by atoms with Crippen molar-refractivity contribution in [2.24, 2.45) is 0 Å². The standard InChI is InChI=1S/C38H32N2/c1-28-14-9-10-24-36(28)38-29(2)15-11-25-37(38)40(34-21-7-4-8-22-34)35-23-13-20-33(27-35)39-32-19-12-18-31(26-32)30-16-5-3-6-17-30/h3-27,39H,1-2H3. The van der Waals surface area contributed by atoms with E-state index in [-0.39, 0.29) is 0 Å². The lowest BCUT2D eigenvalue weighted by Crippen LogP contribution is -2.12. The maximum Gasteiger partial charge on any atom is 0.0542 e. The summed E-state index contributed by atoms with van der Waals surface area (Å²) in [6.07, 6.45) is 0. The first-order chi connectivity index (χ1) is 19.7. The number of rotatable bonds is 7. The lowest BCUT2D eigenvalue weighted by molar-refractivity contribution is 1.27. The van der Waals surface area contributed by atoms with Crippen molar-refractivity contribution >= 4 is 28.4 Å². The van der Waals surface area contributed by atoms with Crippen LogP contribution in [0.4, 0.5) is 28.4 Å². The second-order valence-corrected chi connectivity index (χ2v) is 10.1. The fourth-order valence-corrected chi connectivity index (χ4v) is 5.34. The Balaban J connectivity index is 1.43. The number of nitrogens with one attached hydrogen (secondary N) is 1. The molecule has 0 saturated carbocycles. The van der Waals surface area contributed by atoms with E-state index in [0.29, 0.717) is 0 Å². The monoisotopic (exact) mass is 516 g/mol. The van der Waals surface area contributed by atoms with Gasteiger partial charge >= 0.3 is 0 Å². The van der Waals surface area contributed by atoms with E-state index in [0.717, 1.165) is 28.4 Å². The Morgan fingerprint density at radius 3 is 1.80 bits per heavy atom. The minimum atomic E-state index is 1.04. The van der Waals surface area contributed by atoms with Crippen LogP contribution in [0.2, 0.25) is 0 Å². The number of anilines is 5. The molecule has 0 fully saturated rings. The average molecular weight is 517 g/mol. The van der Waals surface area contributed by atoms with Crippen molar-refractivity contribution in [1.82, 2.24) is 0 Å². The molecular weight excluding hydrogens is 484 g/mol. The molecule has 0 radical (unpaired) electrons. The average Bonchev–Trinajstić information content (AvgIpc) is 2.99. The lowest BCUT2D eigenvalue weighted by Gasteiger charge is -2.29. The number of aryl methyl sites for hydroxylation is 2. The molecule has 0 unspecified atom stereocenters. The molecule has 0 amide bonds. The van der Waals surface area contributed by atoms with Crippen molar-refractivity contribution in [1.29, 1.82) is 0 Å². The van der Waals surface area contributed by atoms with Crippen LogP contribution in [0, 0.1) is 13.8 Å². The van der Waals surface area contributed by atoms with Gasteiger partial charge in [-0.3, -0.25) is 0 Å². The van der Waals surface area contributed by atoms with Gasteiger partial charge in [0.1, 0.15) is 0 Å². The summed E-state index contributed by atoms with van der Waals surface area (Å²) in [4.78, 5) is 2.36. The number of benzene rings is 6. The highest BCUT2D eigenvalue weighted by Gasteiger charge is 2.19. The van der Waals surface area contributed by atoms with Gasteiger partial charge in [0.2, 0.25) is 0 Å². The second kappa shape index (κ2) is 11.3. The molecular formula is C38H32N2. The maximum absolute atomic E-state index is 3.65. The Kier molecular flexibility index (Phi) is 7.15. The van der Waals surface area contributed by atoms with Gasteiger partial charge in [-0.1, -0.05) is 103 Å². The van der Waals surface area contributed by atoms with E-state index in [2.05, 4.69) is 170 Å². The molecule has 0 heterocycles. The normalized spacial score (nSPS) is 10.8. The van der Waals surface area contributed by atoms with Crippen LogP contribution in [0.5, 0.6) is 0 Å². The third-order valence-electron chi connectivity index (χ3n) is 7.28. The van der Waals surface area contributed by atoms with Gasteiger partial charge < -0.3 is 10.2 Å². The maximum atomic E-state index is 3.65. The molecule has 40 heavy (non-hydrogen) atoms. The SMILES string of the molecule is Cc1ccccc1-c1c(C)cccc1N(c1ccccc1)c1cccc(Nc2cccc(-c3ccccc3)c2)c1. The molecule has 2 heteroatoms. The summed E-state index contributed by atoms with van der Waals surface area (Å²) < 4.78 is 0. The number of nitrogens with zero attached hydrogens (tertiary/aromatic N) is 1. The fourth-order valence-electron chi connectivity index (χ4n) is 5.34. The molecule has 0 saturated heterocycles. The Labute approximate surface area is 237 Å². The van der Waals surface area contributed by atoms with Gasteiger partial charge in [0.15, 0.2) is 0 Å². The summed E-state index contributed by atoms with van der Waals surface area (Å²) in [6, 6.07) is 53.6. The smallest absolute Gasteiger partial charge is 0.0542 e. The zero-order valence-corrected chi connectivity index (χ0v) is 22.9. The quantitative estimate of drug-likeness (QED) is 0.227. The van der Waals surface area contributed by atoms with Crippen LogP contribution in [-0.4, -0.2) is 0 Å². The molecule has 2 nitrogen and oxygen atoms in total. The van der Waals surface area contributed by atoms with E-state index >= 15 is 0 Å². The third-order valence-corrected chi connectivity index (χ3v) is 7.28. The first-order valence-corrected chi connectivity index (χ1v) is 13.7. The molecule has 0 aliphatic heterocycles. The molecule has 0 aliphatic carbocycles. The fraction of sp³-hybridized carbons (Fsp3) is 0.0526. The largest absolute Gasteiger partial charge is 0.355 e. The number of hydrogen-bond donors (Lipinski definition) is 1. The predicted molar refractivity (Wildman–Crippen MR) is 171 cm³/mol. The first kappa shape index (κ1) is 25.2. The summed E-state index contributed by atoms with van der Waals surface area (Å²) in [7, 11) is 0. The highest BCUT2D eigenvalue weighted by Crippen LogP contribution is 2.43. The highest BCUT2D eigenvalue weighted by molar-refractivity contribution is 5.91. The van der Waals surface area contributed by atoms with Crippen LogP contribution in [0.25, 0.3) is 22.3 Å². The zero-order valence-electron chi connectivity index (χ0n) is 22.9. The van der Waals surface area contributed by atoms with Crippen molar-refractivity contribution in [3.05, 3.63) is 163 Å². The number of hydrogen-bond acceptors (Lipinski definition) is 2. The van der Waals surface area contributed by atoms with Crippen LogP contribution in [0.15, 0.2) is 152 Å². The Morgan fingerprint density at radius 1 is 0.450 bits per heavy atom. The van der Waals surface area contributed by atoms with Crippen molar-refractivity contribution in [2.75, 3.05) is 10.2 Å². The van der Waals surface area contributed by atoms with Crippen molar-refractivity contribution in [2.45, 2.75) is 13.8 Å². The lowest BCUT2D eigenvalue weighted by atomic mass is 9.94. The summed E-state index contributed by atoms with van der Waals surface area (Å²) in [6.45, 7) is 4.39. The Bertz CT molecular complexity index is 1740. The topological polar surface area (TPSA) is 15.3 Å². The molecule has 194 valence electrons. The molecule has 6 aromatic carbocycles. The highest BCUT2D eigenvalue weighted by atomic mass is 15.1. The van der Waals surface area contributed by atoms with E-state index < -0.39 is 0 Å². The minimum Gasteiger partial charge on any atom is -0.355 e. The first-order valence-electron chi connectivity index (χ1n) is 13.7. The molecule has 6 rings (SSSR count). The molecule has 0 aromatic heterocycles. The molecule has 0 aliphatic rings. The van der Waals surface area contributed by atoms with Gasteiger partial charge in [0, 0.05) is 28.3 Å². The van der Waals surface area contributed by atoms with Gasteiger partial charge in [-0.25, -0.2) is 0 Å². The summed E-state index contributed by atoms with van der Waals surface area (Å²) >= 11 is 0. The Morgan fingerprint density at radius 2 is 1.02 bits per heavy atom. The van der Waals surface area contributed by atoms with E-state index in [1.54, 1.807) is 0 Å². The van der Waals surface area contributed by atoms with Crippen LogP contribution >= 0.6 is 0 Å². The predicted octanol–water partition coefficient (Wildman–Crippen LogP) is 10.9. The molecule has 6 aromatic rings. The summed E-state index contributed by atoms with van der Waals surface area (Å²) in [5.41, 5.74) is 12.9. The van der Waals surface area contributed by atoms with Gasteiger partial charge in [0.05, 0.1) is 5.69 Å². The van der Waals surface area contributed by atoms with Crippen LogP contribution < -0.4 is 10.2 Å². The van der Waals surface area contributed by atoms with Gasteiger partial charge in [0.25, 0.3) is 0 Å². The van der Waals surface area contributed by atoms with E-state index in [9.17, 15) is 0 Å². The van der Waals surface area contributed by atoms with Crippen molar-refractivity contribution < 1.29 is 0 Å². The van der Waals surface area contributed by atoms with Gasteiger partial charge in [-0.15, -0.1) is 0 Å². The minimum absolute atomic E-state index is 1.04. The summed E-state index contributed by atoms with van der Waals surface area (Å²) in [5.74, 6) is 0. The zero-order chi connectivity index (χ0) is 27.3. The molecule has 1 N–H and O–H groups in total. The molecule has 0 bridgehead atoms. The van der Waals surface area contributed by atoms with Crippen LogP contribution in [0.1, 0.15) is 11.1 Å². The molecule has 0 atom stereocenters. The third kappa shape index (κ3) is 5.25.